The number of pyridine rings is 1. The van der Waals surface area contributed by atoms with Gasteiger partial charge in [-0.2, -0.15) is 40.3 Å². The van der Waals surface area contributed by atoms with E-state index in [1.807, 2.05) is 58.9 Å². The molecule has 0 aliphatic carbocycles. The topological polar surface area (TPSA) is 283 Å². The molecule has 8 rings (SSSR count). The van der Waals surface area contributed by atoms with Crippen LogP contribution in [-0.4, -0.2) is 63.6 Å². The van der Waals surface area contributed by atoms with Crippen LogP contribution in [0.1, 0.15) is 98.7 Å². The number of fused-ring (bicyclic) bond motifs is 2. The van der Waals surface area contributed by atoms with E-state index in [-0.39, 0.29) is 72.5 Å². The predicted molar refractivity (Wildman–Crippen MR) is 287 cm³/mol. The van der Waals surface area contributed by atoms with Crippen molar-refractivity contribution in [2.24, 2.45) is 10.2 Å². The van der Waals surface area contributed by atoms with Crippen LogP contribution in [0, 0.1) is 32.1 Å². The smallest absolute Gasteiger partial charge is 0.295 e. The van der Waals surface area contributed by atoms with Crippen molar-refractivity contribution in [3.05, 3.63) is 111 Å². The fourth-order valence-corrected chi connectivity index (χ4v) is 13.7. The molecule has 24 heteroatoms. The minimum atomic E-state index is -4.85. The molecule has 0 saturated carbocycles. The molecule has 0 amide bonds. The highest BCUT2D eigenvalue weighted by Crippen LogP contribution is 2.48. The van der Waals surface area contributed by atoms with Crippen LogP contribution in [-0.2, 0) is 61.5 Å². The quantitative estimate of drug-likeness (QED) is 0.0548. The van der Waals surface area contributed by atoms with Gasteiger partial charge >= 0.3 is 0 Å². The molecular formula is C50H52N10O9S5. The van der Waals surface area contributed by atoms with E-state index in [0.29, 0.717) is 78.6 Å². The van der Waals surface area contributed by atoms with Crippen molar-refractivity contribution in [3.63, 3.8) is 0 Å². The van der Waals surface area contributed by atoms with Gasteiger partial charge in [-0.3, -0.25) is 18.6 Å². The standard InChI is InChI=1S/C50H52N10O9S5/c1-11-29-21-27(6)43(73(64,65)66)32(13-3)41(29)55-46-40(56-57-47-34(25-51)45(50(8,9)10)58-60(47)49-53-35-17-15-16-18-37(35)70-49)26(5)23-39(54-46)59(48-52-36-20-19-31(72(61,62)63)24-38(36)71-48)42-30(12-2)22-28(7)44(33(42)14-4)74(67,68)69/h15-24H,11-14H2,1-10H3,(H,54,55)(H,61,62,63)(H,64,65,66)(H,67,68,69). The van der Waals surface area contributed by atoms with Crippen LogP contribution in [0.3, 0.4) is 0 Å². The first-order valence-corrected chi connectivity index (χ1v) is 29.2. The normalized spacial score (nSPS) is 12.6. The summed E-state index contributed by atoms with van der Waals surface area (Å²) in [5.41, 5.74) is 4.46. The van der Waals surface area contributed by atoms with E-state index >= 15 is 0 Å². The summed E-state index contributed by atoms with van der Waals surface area (Å²) in [6, 6.07) is 18.7. The molecule has 0 bridgehead atoms. The zero-order chi connectivity index (χ0) is 54.0. The highest BCUT2D eigenvalue weighted by Gasteiger charge is 2.33. The van der Waals surface area contributed by atoms with Gasteiger partial charge in [0, 0.05) is 11.1 Å². The molecule has 0 atom stereocenters. The fraction of sp³-hybridized carbons (Fsp3) is 0.300. The number of hydrogen-bond donors (Lipinski definition) is 4. The van der Waals surface area contributed by atoms with Gasteiger partial charge in [0.05, 0.1) is 36.7 Å². The first-order valence-electron chi connectivity index (χ1n) is 23.3. The number of hydrogen-bond acceptors (Lipinski definition) is 17. The Labute approximate surface area is 437 Å². The fourth-order valence-electron chi connectivity index (χ4n) is 9.11. The Hall–Kier alpha value is -6.56. The van der Waals surface area contributed by atoms with Crippen molar-refractivity contribution in [2.75, 3.05) is 10.2 Å². The zero-order valence-electron chi connectivity index (χ0n) is 42.0. The molecule has 0 aliphatic heterocycles. The number of nitriles is 1. The lowest BCUT2D eigenvalue weighted by Crippen LogP contribution is -2.19. The Morgan fingerprint density at radius 1 is 0.716 bits per heavy atom. The number of nitrogens with one attached hydrogen (secondary N) is 1. The molecule has 0 spiro atoms. The van der Waals surface area contributed by atoms with E-state index in [2.05, 4.69) is 11.4 Å². The maximum absolute atomic E-state index is 13.3. The van der Waals surface area contributed by atoms with E-state index in [4.69, 9.17) is 30.3 Å². The molecule has 0 saturated heterocycles. The molecule has 0 unspecified atom stereocenters. The predicted octanol–water partition coefficient (Wildman–Crippen LogP) is 12.2. The van der Waals surface area contributed by atoms with Crippen LogP contribution in [0.2, 0.25) is 0 Å². The molecule has 0 radical (unpaired) electrons. The average molecular weight is 1100 g/mol. The first-order chi connectivity index (χ1) is 34.7. The highest BCUT2D eigenvalue weighted by molar-refractivity contribution is 7.86. The molecule has 74 heavy (non-hydrogen) atoms. The molecule has 4 N–H and O–H groups in total. The van der Waals surface area contributed by atoms with Crippen molar-refractivity contribution < 1.29 is 38.9 Å². The van der Waals surface area contributed by atoms with E-state index in [1.165, 1.54) is 34.2 Å². The van der Waals surface area contributed by atoms with E-state index < -0.39 is 35.8 Å². The van der Waals surface area contributed by atoms with Gasteiger partial charge in [-0.05, 0) is 122 Å². The van der Waals surface area contributed by atoms with Crippen LogP contribution in [0.25, 0.3) is 25.6 Å². The lowest BCUT2D eigenvalue weighted by molar-refractivity contribution is 0.479. The second-order valence-corrected chi connectivity index (χ2v) is 24.6. The van der Waals surface area contributed by atoms with E-state index in [1.54, 1.807) is 57.7 Å². The molecular weight excluding hydrogens is 1040 g/mol. The third kappa shape index (κ3) is 10.0. The van der Waals surface area contributed by atoms with Gasteiger partial charge in [-0.15, -0.1) is 10.2 Å². The summed E-state index contributed by atoms with van der Waals surface area (Å²) in [7, 11) is -14.3. The number of para-hydroxylation sites is 1. The van der Waals surface area contributed by atoms with Crippen molar-refractivity contribution in [3.8, 4) is 11.2 Å². The molecule has 4 aromatic heterocycles. The Morgan fingerprint density at radius 3 is 1.92 bits per heavy atom. The van der Waals surface area contributed by atoms with Crippen LogP contribution >= 0.6 is 22.7 Å². The molecule has 386 valence electrons. The van der Waals surface area contributed by atoms with Gasteiger partial charge in [0.25, 0.3) is 30.4 Å². The number of thiazole rings is 2. The SMILES string of the molecule is CCc1cc(C)c(S(=O)(=O)O)c(CC)c1Nc1nc(N(c2nc3ccc(S(=O)(=O)O)cc3s2)c2c(CC)cc(C)c(S(=O)(=O)O)c2CC)cc(C)c1N=Nc1c(C#N)c(C(C)(C)C)nn1-c1nc2ccccc2s1. The van der Waals surface area contributed by atoms with Crippen molar-refractivity contribution in [1.29, 1.82) is 5.26 Å². The lowest BCUT2D eigenvalue weighted by Gasteiger charge is -2.29. The van der Waals surface area contributed by atoms with Gasteiger partial charge in [-0.1, -0.05) is 95.4 Å². The largest absolute Gasteiger partial charge is 0.338 e. The molecule has 19 nitrogen and oxygen atoms in total. The summed E-state index contributed by atoms with van der Waals surface area (Å²) in [6.45, 7) is 17.9. The van der Waals surface area contributed by atoms with Gasteiger partial charge < -0.3 is 5.32 Å². The summed E-state index contributed by atoms with van der Waals surface area (Å²) in [6.07, 6.45) is 0.965. The number of anilines is 5. The summed E-state index contributed by atoms with van der Waals surface area (Å²) >= 11 is 2.36. The third-order valence-electron chi connectivity index (χ3n) is 12.3. The Balaban J connectivity index is 1.48. The van der Waals surface area contributed by atoms with Gasteiger partial charge in [0.2, 0.25) is 5.13 Å². The second-order valence-electron chi connectivity index (χ2n) is 18.4. The van der Waals surface area contributed by atoms with Crippen LogP contribution in [0.5, 0.6) is 0 Å². The summed E-state index contributed by atoms with van der Waals surface area (Å²) < 4.78 is 112. The Kier molecular flexibility index (Phi) is 14.5. The monoisotopic (exact) mass is 1100 g/mol. The molecule has 0 aliphatic rings. The number of azo groups is 1. The highest BCUT2D eigenvalue weighted by atomic mass is 32.2. The molecule has 0 fully saturated rings. The summed E-state index contributed by atoms with van der Waals surface area (Å²) in [5, 5.41) is 29.2. The number of rotatable bonds is 15. The van der Waals surface area contributed by atoms with Gasteiger partial charge in [-0.25, -0.2) is 15.0 Å². The Bertz CT molecular complexity index is 3990. The van der Waals surface area contributed by atoms with E-state index in [9.17, 15) is 44.2 Å². The number of aryl methyl sites for hydroxylation is 5. The summed E-state index contributed by atoms with van der Waals surface area (Å²) in [4.78, 5) is 15.6. The Morgan fingerprint density at radius 2 is 1.34 bits per heavy atom. The zero-order valence-corrected chi connectivity index (χ0v) is 46.0. The summed E-state index contributed by atoms with van der Waals surface area (Å²) in [5.74, 6) is 0.172. The first kappa shape index (κ1) is 53.7. The average Bonchev–Trinajstić information content (AvgIpc) is 4.05. The maximum Gasteiger partial charge on any atom is 0.295 e. The van der Waals surface area contributed by atoms with Crippen LogP contribution < -0.4 is 10.2 Å². The maximum atomic E-state index is 13.3. The minimum absolute atomic E-state index is 0.00289. The van der Waals surface area contributed by atoms with Gasteiger partial charge in [0.1, 0.15) is 32.9 Å². The molecule has 8 aromatic rings. The van der Waals surface area contributed by atoms with Crippen molar-refractivity contribution in [2.45, 2.75) is 115 Å². The number of nitrogens with zero attached hydrogens (tertiary/aromatic N) is 9. The van der Waals surface area contributed by atoms with E-state index in [0.717, 1.165) is 16.0 Å². The second kappa shape index (κ2) is 19.9. The molecule has 4 aromatic carbocycles. The van der Waals surface area contributed by atoms with Gasteiger partial charge in [0.15, 0.2) is 16.8 Å². The number of aromatic nitrogens is 5. The van der Waals surface area contributed by atoms with Crippen LogP contribution in [0.15, 0.2) is 85.6 Å². The minimum Gasteiger partial charge on any atom is -0.338 e. The lowest BCUT2D eigenvalue weighted by atomic mass is 9.90. The molecule has 4 heterocycles. The van der Waals surface area contributed by atoms with Crippen molar-refractivity contribution in [1.82, 2.24) is 24.7 Å². The van der Waals surface area contributed by atoms with Crippen LogP contribution in [0.4, 0.5) is 39.6 Å². The van der Waals surface area contributed by atoms with Crippen molar-refractivity contribution >= 4 is 113 Å². The number of benzene rings is 4. The third-order valence-corrected chi connectivity index (χ3v) is 17.4.